The predicted molar refractivity (Wildman–Crippen MR) is 100 cm³/mol. The van der Waals surface area contributed by atoms with Crippen LogP contribution in [0.3, 0.4) is 0 Å². The standard InChI is InChI=1S/C20H27FN4O2/c21-19-2-1-3-20(8-19)25-11-16(9-22-25)10-24-13-17(18(14-24)15-26)12-23-4-6-27-7-5-23/h1-3,8-9,11,17-18,26H,4-7,10,12-15H2/t17-,18-/m1/s1. The molecule has 2 aromatic rings. The van der Waals surface area contributed by atoms with Crippen LogP contribution in [0.4, 0.5) is 4.39 Å². The largest absolute Gasteiger partial charge is 0.396 e. The van der Waals surface area contributed by atoms with Gasteiger partial charge in [-0.1, -0.05) is 6.07 Å². The molecule has 2 saturated heterocycles. The van der Waals surface area contributed by atoms with Crippen LogP contribution in [-0.2, 0) is 11.3 Å². The monoisotopic (exact) mass is 374 g/mol. The van der Waals surface area contributed by atoms with E-state index in [9.17, 15) is 9.50 Å². The molecule has 146 valence electrons. The zero-order chi connectivity index (χ0) is 18.6. The molecule has 0 amide bonds. The molecule has 3 heterocycles. The topological polar surface area (TPSA) is 53.8 Å². The van der Waals surface area contributed by atoms with Crippen molar-refractivity contribution in [3.05, 3.63) is 48.0 Å². The molecule has 2 fully saturated rings. The quantitative estimate of drug-likeness (QED) is 0.828. The molecule has 1 N–H and O–H groups in total. The summed E-state index contributed by atoms with van der Waals surface area (Å²) in [6.07, 6.45) is 3.80. The van der Waals surface area contributed by atoms with Gasteiger partial charge in [0.25, 0.3) is 0 Å². The van der Waals surface area contributed by atoms with Gasteiger partial charge >= 0.3 is 0 Å². The summed E-state index contributed by atoms with van der Waals surface area (Å²) in [5, 5.41) is 14.2. The number of morpholine rings is 1. The fourth-order valence-electron chi connectivity index (χ4n) is 4.15. The zero-order valence-corrected chi connectivity index (χ0v) is 15.5. The van der Waals surface area contributed by atoms with Crippen LogP contribution in [0.25, 0.3) is 5.69 Å². The number of halogens is 1. The maximum atomic E-state index is 13.4. The molecule has 0 aliphatic carbocycles. The number of ether oxygens (including phenoxy) is 1. The predicted octanol–water partition coefficient (Wildman–Crippen LogP) is 1.38. The number of likely N-dealkylation sites (tertiary alicyclic amines) is 1. The van der Waals surface area contributed by atoms with Crippen LogP contribution in [-0.4, -0.2) is 77.2 Å². The first-order chi connectivity index (χ1) is 13.2. The van der Waals surface area contributed by atoms with Crippen molar-refractivity contribution in [3.8, 4) is 5.69 Å². The van der Waals surface area contributed by atoms with Gasteiger partial charge in [-0.15, -0.1) is 0 Å². The summed E-state index contributed by atoms with van der Waals surface area (Å²) >= 11 is 0. The highest BCUT2D eigenvalue weighted by atomic mass is 19.1. The number of hydrogen-bond acceptors (Lipinski definition) is 5. The van der Waals surface area contributed by atoms with Crippen molar-refractivity contribution in [3.63, 3.8) is 0 Å². The minimum Gasteiger partial charge on any atom is -0.396 e. The first kappa shape index (κ1) is 18.6. The van der Waals surface area contributed by atoms with Crippen LogP contribution in [0, 0.1) is 17.7 Å². The third-order valence-electron chi connectivity index (χ3n) is 5.60. The molecule has 2 aliphatic rings. The second kappa shape index (κ2) is 8.48. The van der Waals surface area contributed by atoms with Crippen molar-refractivity contribution in [2.75, 3.05) is 52.5 Å². The molecule has 7 heteroatoms. The van der Waals surface area contributed by atoms with Gasteiger partial charge in [-0.3, -0.25) is 9.80 Å². The second-order valence-electron chi connectivity index (χ2n) is 7.58. The minimum absolute atomic E-state index is 0.230. The van der Waals surface area contributed by atoms with Gasteiger partial charge in [0.15, 0.2) is 0 Å². The van der Waals surface area contributed by atoms with Crippen molar-refractivity contribution in [1.82, 2.24) is 19.6 Å². The number of hydrogen-bond donors (Lipinski definition) is 1. The Bertz CT molecular complexity index is 747. The van der Waals surface area contributed by atoms with E-state index in [0.717, 1.165) is 63.7 Å². The Balaban J connectivity index is 1.37. The first-order valence-corrected chi connectivity index (χ1v) is 9.64. The highest BCUT2D eigenvalue weighted by Gasteiger charge is 2.33. The van der Waals surface area contributed by atoms with Crippen molar-refractivity contribution in [2.24, 2.45) is 11.8 Å². The molecule has 0 spiro atoms. The lowest BCUT2D eigenvalue weighted by atomic mass is 9.96. The summed E-state index contributed by atoms with van der Waals surface area (Å²) < 4.78 is 20.6. The Morgan fingerprint density at radius 3 is 2.74 bits per heavy atom. The highest BCUT2D eigenvalue weighted by molar-refractivity contribution is 5.31. The van der Waals surface area contributed by atoms with Gasteiger partial charge < -0.3 is 9.84 Å². The molecular weight excluding hydrogens is 347 g/mol. The summed E-state index contributed by atoms with van der Waals surface area (Å²) in [7, 11) is 0. The van der Waals surface area contributed by atoms with E-state index in [1.54, 1.807) is 10.7 Å². The van der Waals surface area contributed by atoms with Gasteiger partial charge in [-0.2, -0.15) is 5.10 Å². The lowest BCUT2D eigenvalue weighted by Crippen LogP contribution is -2.41. The van der Waals surface area contributed by atoms with Crippen LogP contribution in [0.15, 0.2) is 36.7 Å². The Hall–Kier alpha value is -1.80. The Labute approximate surface area is 159 Å². The molecule has 2 aliphatic heterocycles. The van der Waals surface area contributed by atoms with Crippen molar-refractivity contribution < 1.29 is 14.2 Å². The molecule has 1 aromatic heterocycles. The maximum Gasteiger partial charge on any atom is 0.125 e. The van der Waals surface area contributed by atoms with E-state index in [4.69, 9.17) is 4.74 Å². The van der Waals surface area contributed by atoms with Gasteiger partial charge in [0.2, 0.25) is 0 Å². The summed E-state index contributed by atoms with van der Waals surface area (Å²) in [6.45, 7) is 7.50. The van der Waals surface area contributed by atoms with Gasteiger partial charge in [-0.05, 0) is 30.0 Å². The third kappa shape index (κ3) is 4.55. The van der Waals surface area contributed by atoms with Gasteiger partial charge in [0.1, 0.15) is 5.82 Å². The SMILES string of the molecule is OC[C@H]1CN(Cc2cnn(-c3cccc(F)c3)c2)C[C@H]1CN1CCOCC1. The van der Waals surface area contributed by atoms with Crippen LogP contribution in [0.2, 0.25) is 0 Å². The molecule has 0 unspecified atom stereocenters. The van der Waals surface area contributed by atoms with Crippen molar-refractivity contribution >= 4 is 0 Å². The number of benzene rings is 1. The van der Waals surface area contributed by atoms with Gasteiger partial charge in [0, 0.05) is 57.6 Å². The van der Waals surface area contributed by atoms with Crippen LogP contribution in [0.1, 0.15) is 5.56 Å². The van der Waals surface area contributed by atoms with Gasteiger partial charge in [0.05, 0.1) is 25.1 Å². The fourth-order valence-corrected chi connectivity index (χ4v) is 4.15. The minimum atomic E-state index is -0.263. The molecule has 27 heavy (non-hydrogen) atoms. The maximum absolute atomic E-state index is 13.4. The van der Waals surface area contributed by atoms with Gasteiger partial charge in [-0.25, -0.2) is 9.07 Å². The number of aliphatic hydroxyl groups excluding tert-OH is 1. The van der Waals surface area contributed by atoms with E-state index in [1.165, 1.54) is 12.1 Å². The van der Waals surface area contributed by atoms with E-state index < -0.39 is 0 Å². The molecule has 4 rings (SSSR count). The van der Waals surface area contributed by atoms with Crippen LogP contribution >= 0.6 is 0 Å². The summed E-state index contributed by atoms with van der Waals surface area (Å²) in [5.74, 6) is 0.526. The average Bonchev–Trinajstić information content (AvgIpc) is 3.30. The normalized spacial score (nSPS) is 24.5. The van der Waals surface area contributed by atoms with E-state index in [-0.39, 0.29) is 12.4 Å². The Morgan fingerprint density at radius 2 is 1.96 bits per heavy atom. The molecule has 1 aromatic carbocycles. The van der Waals surface area contributed by atoms with Crippen LogP contribution in [0.5, 0.6) is 0 Å². The van der Waals surface area contributed by atoms with Crippen LogP contribution < -0.4 is 0 Å². The molecule has 0 bridgehead atoms. The molecule has 2 atom stereocenters. The molecule has 0 saturated carbocycles. The smallest absolute Gasteiger partial charge is 0.125 e. The summed E-state index contributed by atoms with van der Waals surface area (Å²) in [4.78, 5) is 4.83. The highest BCUT2D eigenvalue weighted by Crippen LogP contribution is 2.26. The molecule has 0 radical (unpaired) electrons. The zero-order valence-electron chi connectivity index (χ0n) is 15.5. The number of aliphatic hydroxyl groups is 1. The lowest BCUT2D eigenvalue weighted by Gasteiger charge is -2.30. The Kier molecular flexibility index (Phi) is 5.83. The molecule has 6 nitrogen and oxygen atoms in total. The van der Waals surface area contributed by atoms with Crippen molar-refractivity contribution in [1.29, 1.82) is 0 Å². The lowest BCUT2D eigenvalue weighted by molar-refractivity contribution is 0.0264. The number of aromatic nitrogens is 2. The van der Waals surface area contributed by atoms with E-state index in [2.05, 4.69) is 14.9 Å². The molecular formula is C20H27FN4O2. The fraction of sp³-hybridized carbons (Fsp3) is 0.550. The average molecular weight is 374 g/mol. The Morgan fingerprint density at radius 1 is 1.15 bits per heavy atom. The summed E-state index contributed by atoms with van der Waals surface area (Å²) in [6, 6.07) is 6.44. The van der Waals surface area contributed by atoms with Crippen molar-refractivity contribution in [2.45, 2.75) is 6.54 Å². The number of rotatable bonds is 6. The van der Waals surface area contributed by atoms with E-state index in [0.29, 0.717) is 11.8 Å². The number of nitrogens with zero attached hydrogens (tertiary/aromatic N) is 4. The second-order valence-corrected chi connectivity index (χ2v) is 7.58. The van der Waals surface area contributed by atoms with E-state index in [1.807, 2.05) is 18.5 Å². The first-order valence-electron chi connectivity index (χ1n) is 9.64. The third-order valence-corrected chi connectivity index (χ3v) is 5.60. The summed E-state index contributed by atoms with van der Waals surface area (Å²) in [5.41, 5.74) is 1.82. The van der Waals surface area contributed by atoms with E-state index >= 15 is 0 Å².